The van der Waals surface area contributed by atoms with Crippen LogP contribution in [0, 0.1) is 0 Å². The van der Waals surface area contributed by atoms with Crippen LogP contribution in [-0.4, -0.2) is 59.8 Å². The molecule has 0 aromatic heterocycles. The summed E-state index contributed by atoms with van der Waals surface area (Å²) >= 11 is 5.93. The molecule has 4 rings (SSSR count). The van der Waals surface area contributed by atoms with Gasteiger partial charge in [0.25, 0.3) is 5.91 Å². The zero-order valence-corrected chi connectivity index (χ0v) is 22.7. The first-order chi connectivity index (χ1) is 19.2. The number of esters is 1. The minimum absolute atomic E-state index is 0.0159. The lowest BCUT2D eigenvalue weighted by molar-refractivity contribution is -0.145. The molecule has 10 nitrogen and oxygen atoms in total. The Hall–Kier alpha value is -4.54. The van der Waals surface area contributed by atoms with E-state index in [1.807, 2.05) is 18.2 Å². The number of nitrogens with one attached hydrogen (secondary N) is 2. The summed E-state index contributed by atoms with van der Waals surface area (Å²) in [4.78, 5) is 40.8. The first-order valence-electron chi connectivity index (χ1n) is 12.5. The van der Waals surface area contributed by atoms with Crippen LogP contribution in [-0.2, 0) is 19.9 Å². The van der Waals surface area contributed by atoms with E-state index in [1.165, 1.54) is 12.1 Å². The number of aliphatic imine (C=N–C) groups is 1. The molecule has 1 aliphatic rings. The van der Waals surface area contributed by atoms with Crippen molar-refractivity contribution in [3.8, 4) is 0 Å². The van der Waals surface area contributed by atoms with Crippen molar-refractivity contribution >= 4 is 46.7 Å². The molecule has 0 radical (unpaired) electrons. The second kappa shape index (κ2) is 12.5. The van der Waals surface area contributed by atoms with Crippen LogP contribution >= 0.6 is 11.6 Å². The number of anilines is 1. The lowest BCUT2D eigenvalue weighted by Gasteiger charge is -2.26. The summed E-state index contributed by atoms with van der Waals surface area (Å²) in [6, 6.07) is 22.2. The van der Waals surface area contributed by atoms with Crippen molar-refractivity contribution in [2.45, 2.75) is 18.9 Å². The Morgan fingerprint density at radius 1 is 1.05 bits per heavy atom. The molecule has 1 aliphatic heterocycles. The molecule has 1 unspecified atom stereocenters. The Balaban J connectivity index is 1.59. The normalized spacial score (nSPS) is 16.8. The van der Waals surface area contributed by atoms with Gasteiger partial charge in [0.1, 0.15) is 12.1 Å². The first-order valence-corrected chi connectivity index (χ1v) is 12.9. The number of nitrogens with zero attached hydrogens (tertiary/aromatic N) is 3. The van der Waals surface area contributed by atoms with E-state index in [0.717, 1.165) is 0 Å². The van der Waals surface area contributed by atoms with Gasteiger partial charge in [0, 0.05) is 28.9 Å². The van der Waals surface area contributed by atoms with E-state index in [0.29, 0.717) is 33.1 Å². The Kier molecular flexibility index (Phi) is 8.93. The predicted molar refractivity (Wildman–Crippen MR) is 152 cm³/mol. The minimum Gasteiger partial charge on any atom is -0.466 e. The number of carbonyl (C=O) groups excluding carboxylic acids is 3. The molecule has 1 atom stereocenters. The van der Waals surface area contributed by atoms with E-state index in [1.54, 1.807) is 67.6 Å². The third kappa shape index (κ3) is 6.53. The monoisotopic (exact) mass is 561 g/mol. The number of hydrogen-bond acceptors (Lipinski definition) is 7. The number of ether oxygens (including phenoxy) is 1. The number of rotatable bonds is 7. The van der Waals surface area contributed by atoms with Gasteiger partial charge in [0.15, 0.2) is 5.60 Å². The van der Waals surface area contributed by atoms with Gasteiger partial charge in [0.2, 0.25) is 11.9 Å². The van der Waals surface area contributed by atoms with E-state index in [2.05, 4.69) is 20.7 Å². The second-order valence-corrected chi connectivity index (χ2v) is 9.28. The van der Waals surface area contributed by atoms with Gasteiger partial charge in [-0.15, -0.1) is 0 Å². The molecular weight excluding hydrogens is 534 g/mol. The van der Waals surface area contributed by atoms with Gasteiger partial charge < -0.3 is 15.2 Å². The van der Waals surface area contributed by atoms with Crippen molar-refractivity contribution in [1.82, 2.24) is 10.3 Å². The maximum Gasteiger partial charge on any atom is 0.315 e. The Morgan fingerprint density at radius 3 is 2.35 bits per heavy atom. The molecule has 206 valence electrons. The number of hydrazone groups is 1. The van der Waals surface area contributed by atoms with Crippen LogP contribution in [0.1, 0.15) is 34.8 Å². The lowest BCUT2D eigenvalue weighted by atomic mass is 9.86. The van der Waals surface area contributed by atoms with Crippen molar-refractivity contribution in [3.05, 3.63) is 101 Å². The summed E-state index contributed by atoms with van der Waals surface area (Å²) in [5.74, 6) is -1.38. The predicted octanol–water partition coefficient (Wildman–Crippen LogP) is 3.56. The first kappa shape index (κ1) is 28.5. The van der Waals surface area contributed by atoms with Crippen molar-refractivity contribution in [3.63, 3.8) is 0 Å². The van der Waals surface area contributed by atoms with Gasteiger partial charge in [-0.05, 0) is 48.9 Å². The molecule has 3 N–H and O–H groups in total. The molecule has 1 heterocycles. The molecule has 3 aromatic rings. The van der Waals surface area contributed by atoms with E-state index >= 15 is 0 Å². The molecule has 0 bridgehead atoms. The quantitative estimate of drug-likeness (QED) is 0.175. The van der Waals surface area contributed by atoms with Gasteiger partial charge in [-0.1, -0.05) is 54.1 Å². The summed E-state index contributed by atoms with van der Waals surface area (Å²) in [5, 5.41) is 24.0. The number of benzene rings is 3. The smallest absolute Gasteiger partial charge is 0.315 e. The second-order valence-electron chi connectivity index (χ2n) is 8.85. The third-order valence-electron chi connectivity index (χ3n) is 6.08. The maximum absolute atomic E-state index is 12.9. The van der Waals surface area contributed by atoms with Crippen molar-refractivity contribution in [2.75, 3.05) is 25.5 Å². The molecule has 0 aliphatic carbocycles. The highest BCUT2D eigenvalue weighted by molar-refractivity contribution is 6.30. The van der Waals surface area contributed by atoms with E-state index in [9.17, 15) is 19.5 Å². The van der Waals surface area contributed by atoms with Crippen molar-refractivity contribution in [2.24, 2.45) is 10.1 Å². The van der Waals surface area contributed by atoms with Crippen LogP contribution in [0.25, 0.3) is 0 Å². The highest BCUT2D eigenvalue weighted by Gasteiger charge is 2.44. The Morgan fingerprint density at radius 2 is 1.73 bits per heavy atom. The Labute approximate surface area is 236 Å². The number of halogens is 1. The average Bonchev–Trinajstić information content (AvgIpc) is 3.31. The summed E-state index contributed by atoms with van der Waals surface area (Å²) in [6.07, 6.45) is -0.397. The minimum atomic E-state index is -1.54. The molecule has 11 heteroatoms. The highest BCUT2D eigenvalue weighted by Crippen LogP contribution is 2.33. The molecule has 0 saturated heterocycles. The number of β-amino-alcohol motifs (C(OH)–C–C–N with tert-alkyl or cyclic N) is 1. The summed E-state index contributed by atoms with van der Waals surface area (Å²) in [7, 11) is 1.51. The third-order valence-corrected chi connectivity index (χ3v) is 6.33. The molecule has 2 amide bonds. The van der Waals surface area contributed by atoms with Crippen LogP contribution < -0.4 is 10.6 Å². The fraction of sp³-hybridized carbons (Fsp3) is 0.207. The number of guanidine groups is 1. The van der Waals surface area contributed by atoms with Gasteiger partial charge in [-0.25, -0.2) is 5.01 Å². The van der Waals surface area contributed by atoms with Gasteiger partial charge in [-0.3, -0.25) is 24.7 Å². The number of hydrogen-bond donors (Lipinski definition) is 3. The topological polar surface area (TPSA) is 133 Å². The summed E-state index contributed by atoms with van der Waals surface area (Å²) in [5.41, 5.74) is 0.802. The molecule has 0 fully saturated rings. The molecule has 3 aromatic carbocycles. The molecular formula is C29H28ClN5O5. The average molecular weight is 562 g/mol. The number of carbonyl (C=O) groups is 3. The number of amides is 2. The summed E-state index contributed by atoms with van der Waals surface area (Å²) < 4.78 is 4.81. The lowest BCUT2D eigenvalue weighted by Crippen LogP contribution is -2.45. The molecule has 0 spiro atoms. The fourth-order valence-electron chi connectivity index (χ4n) is 4.16. The van der Waals surface area contributed by atoms with Crippen LogP contribution in [0.15, 0.2) is 89.0 Å². The van der Waals surface area contributed by atoms with Crippen LogP contribution in [0.2, 0.25) is 5.02 Å². The fourth-order valence-corrected chi connectivity index (χ4v) is 4.29. The zero-order chi connectivity index (χ0) is 28.7. The van der Waals surface area contributed by atoms with Gasteiger partial charge >= 0.3 is 5.97 Å². The molecule has 40 heavy (non-hydrogen) atoms. The van der Waals surface area contributed by atoms with E-state index in [4.69, 9.17) is 16.3 Å². The SMILES string of the molecule is CCOC(=O)CC(=O)Nc1ccc(C2=NN(C(=NC)NC(=O)c3ccc(Cl)cc3)CC2(O)c2ccccc2)cc1. The summed E-state index contributed by atoms with van der Waals surface area (Å²) in [6.45, 7) is 1.85. The zero-order valence-electron chi connectivity index (χ0n) is 21.9. The van der Waals surface area contributed by atoms with Gasteiger partial charge in [0.05, 0.1) is 13.2 Å². The van der Waals surface area contributed by atoms with Crippen molar-refractivity contribution in [1.29, 1.82) is 0 Å². The maximum atomic E-state index is 12.9. The van der Waals surface area contributed by atoms with Crippen LogP contribution in [0.3, 0.4) is 0 Å². The van der Waals surface area contributed by atoms with Crippen molar-refractivity contribution < 1.29 is 24.2 Å². The van der Waals surface area contributed by atoms with Crippen LogP contribution in [0.4, 0.5) is 5.69 Å². The Bertz CT molecular complexity index is 1440. The van der Waals surface area contributed by atoms with E-state index < -0.39 is 29.8 Å². The molecule has 0 saturated carbocycles. The van der Waals surface area contributed by atoms with Crippen LogP contribution in [0.5, 0.6) is 0 Å². The largest absolute Gasteiger partial charge is 0.466 e. The standard InChI is InChI=1S/C29H28ClN5O5/c1-3-40-25(37)17-24(36)32-23-15-11-19(12-16-23)26-29(39,21-7-5-4-6-8-21)18-35(34-26)28(31-2)33-27(38)20-9-13-22(30)14-10-20/h4-16,39H,3,17-18H2,1-2H3,(H,32,36)(H,31,33,38). The van der Waals surface area contributed by atoms with Gasteiger partial charge in [-0.2, -0.15) is 5.10 Å². The highest BCUT2D eigenvalue weighted by atomic mass is 35.5. The number of aliphatic hydroxyl groups is 1. The van der Waals surface area contributed by atoms with E-state index in [-0.39, 0.29) is 19.1 Å².